The third kappa shape index (κ3) is 5.51. The van der Waals surface area contributed by atoms with Crippen LogP contribution in [0.15, 0.2) is 88.2 Å². The largest absolute Gasteiger partial charge is 0.416 e. The number of benzene rings is 3. The van der Waals surface area contributed by atoms with Gasteiger partial charge in [-0.2, -0.15) is 18.4 Å². The van der Waals surface area contributed by atoms with Gasteiger partial charge in [-0.3, -0.25) is 9.69 Å². The number of halogens is 3. The molecule has 41 heavy (non-hydrogen) atoms. The summed E-state index contributed by atoms with van der Waals surface area (Å²) < 4.78 is 40.7. The first kappa shape index (κ1) is 28.6. The molecule has 1 aliphatic carbocycles. The van der Waals surface area contributed by atoms with E-state index in [1.54, 1.807) is 11.8 Å². The summed E-state index contributed by atoms with van der Waals surface area (Å²) in [5.41, 5.74) is 12.2. The Morgan fingerprint density at radius 2 is 1.76 bits per heavy atom. The number of rotatable bonds is 5. The van der Waals surface area contributed by atoms with Gasteiger partial charge in [-0.25, -0.2) is 0 Å². The second-order valence-corrected chi connectivity index (χ2v) is 11.7. The van der Waals surface area contributed by atoms with Crippen molar-refractivity contribution in [3.05, 3.63) is 117 Å². The van der Waals surface area contributed by atoms with E-state index in [2.05, 4.69) is 36.4 Å². The highest BCUT2D eigenvalue weighted by Crippen LogP contribution is 2.48. The van der Waals surface area contributed by atoms with Crippen LogP contribution in [0.2, 0.25) is 0 Å². The molecule has 2 aliphatic rings. The SMILES string of the molecule is Cc1ccc(SCc2cc(C)cc(C3C(C#N)=C(N)N(c4cccc(C(F)(F)F)c4)C4=C3C(=O)CCC4)c2C)cc1. The average Bonchev–Trinajstić information content (AvgIpc) is 2.93. The number of carbonyl (C=O) groups is 1. The van der Waals surface area contributed by atoms with Crippen molar-refractivity contribution in [1.29, 1.82) is 5.26 Å². The minimum Gasteiger partial charge on any atom is -0.384 e. The minimum atomic E-state index is -4.55. The van der Waals surface area contributed by atoms with Gasteiger partial charge in [0.2, 0.25) is 0 Å². The maximum atomic E-state index is 13.6. The molecule has 0 bridgehead atoms. The minimum absolute atomic E-state index is 0.0572. The fourth-order valence-corrected chi connectivity index (χ4v) is 6.67. The van der Waals surface area contributed by atoms with Gasteiger partial charge in [-0.1, -0.05) is 41.5 Å². The third-order valence-corrected chi connectivity index (χ3v) is 8.83. The topological polar surface area (TPSA) is 70.1 Å². The highest BCUT2D eigenvalue weighted by Gasteiger charge is 2.41. The second kappa shape index (κ2) is 11.1. The van der Waals surface area contributed by atoms with Crippen LogP contribution >= 0.6 is 11.8 Å². The first-order chi connectivity index (χ1) is 19.5. The zero-order valence-corrected chi connectivity index (χ0v) is 23.9. The van der Waals surface area contributed by atoms with Crippen molar-refractivity contribution in [3.63, 3.8) is 0 Å². The Morgan fingerprint density at radius 3 is 2.44 bits per heavy atom. The van der Waals surface area contributed by atoms with Crippen LogP contribution in [0.5, 0.6) is 0 Å². The van der Waals surface area contributed by atoms with Crippen LogP contribution < -0.4 is 10.6 Å². The van der Waals surface area contributed by atoms with Crippen LogP contribution in [0.3, 0.4) is 0 Å². The maximum Gasteiger partial charge on any atom is 0.416 e. The van der Waals surface area contributed by atoms with Gasteiger partial charge >= 0.3 is 6.18 Å². The normalized spacial score (nSPS) is 17.5. The predicted molar refractivity (Wildman–Crippen MR) is 156 cm³/mol. The van der Waals surface area contributed by atoms with Crippen LogP contribution in [0.4, 0.5) is 18.9 Å². The second-order valence-electron chi connectivity index (χ2n) is 10.6. The van der Waals surface area contributed by atoms with E-state index in [1.165, 1.54) is 22.6 Å². The predicted octanol–water partition coefficient (Wildman–Crippen LogP) is 8.23. The lowest BCUT2D eigenvalue weighted by Crippen LogP contribution is -2.39. The van der Waals surface area contributed by atoms with Crippen molar-refractivity contribution in [1.82, 2.24) is 0 Å². The molecule has 4 nitrogen and oxygen atoms in total. The Morgan fingerprint density at radius 1 is 1.02 bits per heavy atom. The monoisotopic (exact) mass is 573 g/mol. The molecule has 0 saturated heterocycles. The summed E-state index contributed by atoms with van der Waals surface area (Å²) in [7, 11) is 0. The van der Waals surface area contributed by atoms with Crippen molar-refractivity contribution in [2.75, 3.05) is 4.90 Å². The number of Topliss-reactive ketones (excluding diaryl/α,β-unsaturated/α-hetero) is 1. The van der Waals surface area contributed by atoms with E-state index in [4.69, 9.17) is 5.73 Å². The molecule has 2 N–H and O–H groups in total. The Bertz CT molecular complexity index is 1630. The van der Waals surface area contributed by atoms with Crippen molar-refractivity contribution in [2.24, 2.45) is 5.73 Å². The number of nitrogens with two attached hydrogens (primary N) is 1. The molecule has 5 rings (SSSR count). The molecule has 1 atom stereocenters. The quantitative estimate of drug-likeness (QED) is 0.312. The average molecular weight is 574 g/mol. The van der Waals surface area contributed by atoms with E-state index in [9.17, 15) is 23.2 Å². The van der Waals surface area contributed by atoms with Crippen LogP contribution in [-0.4, -0.2) is 5.78 Å². The van der Waals surface area contributed by atoms with Gasteiger partial charge in [0.15, 0.2) is 5.78 Å². The smallest absolute Gasteiger partial charge is 0.384 e. The molecule has 0 radical (unpaired) electrons. The number of thioether (sulfide) groups is 1. The van der Waals surface area contributed by atoms with Gasteiger partial charge in [0, 0.05) is 34.0 Å². The summed E-state index contributed by atoms with van der Waals surface area (Å²) in [5, 5.41) is 10.4. The number of nitrogens with zero attached hydrogens (tertiary/aromatic N) is 2. The van der Waals surface area contributed by atoms with Crippen molar-refractivity contribution in [3.8, 4) is 6.07 Å². The number of carbonyl (C=O) groups excluding carboxylic acids is 1. The summed E-state index contributed by atoms with van der Waals surface area (Å²) in [4.78, 5) is 16.2. The fourth-order valence-electron chi connectivity index (χ4n) is 5.72. The Hall–Kier alpha value is -3.96. The molecular weight excluding hydrogens is 543 g/mol. The highest BCUT2D eigenvalue weighted by molar-refractivity contribution is 7.98. The van der Waals surface area contributed by atoms with Gasteiger partial charge in [0.1, 0.15) is 5.82 Å². The summed E-state index contributed by atoms with van der Waals surface area (Å²) in [6, 6.07) is 19.5. The highest BCUT2D eigenvalue weighted by atomic mass is 32.2. The van der Waals surface area contributed by atoms with E-state index in [1.807, 2.05) is 26.8 Å². The number of anilines is 1. The summed E-state index contributed by atoms with van der Waals surface area (Å²) in [6.45, 7) is 6.03. The molecule has 210 valence electrons. The zero-order chi connectivity index (χ0) is 29.5. The van der Waals surface area contributed by atoms with Crippen LogP contribution in [0, 0.1) is 32.1 Å². The van der Waals surface area contributed by atoms with Gasteiger partial charge < -0.3 is 5.73 Å². The van der Waals surface area contributed by atoms with Gasteiger partial charge in [-0.05, 0) is 80.6 Å². The lowest BCUT2D eigenvalue weighted by atomic mass is 9.73. The van der Waals surface area contributed by atoms with E-state index < -0.39 is 17.7 Å². The number of hydrogen-bond acceptors (Lipinski definition) is 5. The van der Waals surface area contributed by atoms with Crippen LogP contribution in [-0.2, 0) is 16.7 Å². The summed E-state index contributed by atoms with van der Waals surface area (Å²) in [5.74, 6) is -0.0345. The zero-order valence-electron chi connectivity index (χ0n) is 23.1. The molecule has 1 unspecified atom stereocenters. The van der Waals surface area contributed by atoms with Crippen molar-refractivity contribution >= 4 is 23.2 Å². The summed E-state index contributed by atoms with van der Waals surface area (Å²) in [6.07, 6.45) is -3.21. The molecule has 0 amide bonds. The number of allylic oxidation sites excluding steroid dienone is 3. The number of ketones is 1. The lowest BCUT2D eigenvalue weighted by Gasteiger charge is -2.40. The van der Waals surface area contributed by atoms with E-state index >= 15 is 0 Å². The van der Waals surface area contributed by atoms with Gasteiger partial charge in [0.05, 0.1) is 23.1 Å². The van der Waals surface area contributed by atoms with Gasteiger partial charge in [-0.15, -0.1) is 11.8 Å². The van der Waals surface area contributed by atoms with Crippen LogP contribution in [0.1, 0.15) is 58.6 Å². The first-order valence-electron chi connectivity index (χ1n) is 13.4. The number of hydrogen-bond donors (Lipinski definition) is 1. The first-order valence-corrected chi connectivity index (χ1v) is 14.4. The van der Waals surface area contributed by atoms with Crippen LogP contribution in [0.25, 0.3) is 0 Å². The van der Waals surface area contributed by atoms with E-state index in [0.717, 1.165) is 39.3 Å². The summed E-state index contributed by atoms with van der Waals surface area (Å²) >= 11 is 1.71. The Labute approximate surface area is 242 Å². The molecule has 8 heteroatoms. The molecule has 0 aromatic heterocycles. The van der Waals surface area contributed by atoms with Crippen molar-refractivity contribution < 1.29 is 18.0 Å². The van der Waals surface area contributed by atoms with E-state index in [0.29, 0.717) is 36.3 Å². The molecule has 1 aliphatic heterocycles. The molecule has 0 saturated carbocycles. The molecule has 0 spiro atoms. The molecule has 1 heterocycles. The maximum absolute atomic E-state index is 13.6. The third-order valence-electron chi connectivity index (χ3n) is 7.77. The number of nitriles is 1. The Kier molecular flexibility index (Phi) is 7.76. The molecular formula is C33H30F3N3OS. The molecule has 0 fully saturated rings. The Balaban J connectivity index is 1.63. The molecule has 3 aromatic rings. The fraction of sp³-hybridized carbons (Fsp3) is 0.273. The standard InChI is InChI=1S/C33H30F3N3OS/c1-19-10-12-25(13-11-19)41-18-22-14-20(2)15-26(21(22)3)30-27(17-37)32(38)39(28-8-5-9-29(40)31(28)30)24-7-4-6-23(16-24)33(34,35)36/h4,6-7,10-16,30H,5,8-9,18,38H2,1-3H3. The van der Waals surface area contributed by atoms with Crippen molar-refractivity contribution in [2.45, 2.75) is 62.8 Å². The van der Waals surface area contributed by atoms with Gasteiger partial charge in [0.25, 0.3) is 0 Å². The molecule has 3 aromatic carbocycles. The lowest BCUT2D eigenvalue weighted by molar-refractivity contribution is -0.137. The number of alkyl halides is 3. The number of aryl methyl sites for hydroxylation is 2. The van der Waals surface area contributed by atoms with E-state index in [-0.39, 0.29) is 22.9 Å².